The number of hydrogen-bond acceptors (Lipinski definition) is 5. The maximum absolute atomic E-state index is 13.2. The summed E-state index contributed by atoms with van der Waals surface area (Å²) in [5.74, 6) is -1.37. The van der Waals surface area contributed by atoms with E-state index in [4.69, 9.17) is 45.3 Å². The number of hydrogen-bond donors (Lipinski definition) is 2. The van der Waals surface area contributed by atoms with Crippen molar-refractivity contribution in [1.82, 2.24) is 0 Å². The van der Waals surface area contributed by atoms with Crippen molar-refractivity contribution >= 4 is 58.0 Å². The smallest absolute Gasteiger partial charge is 0.335 e. The lowest BCUT2D eigenvalue weighted by molar-refractivity contribution is -0.116. The molecule has 3 aromatic rings. The number of aryl methyl sites for hydroxylation is 1. The predicted molar refractivity (Wildman–Crippen MR) is 151 cm³/mol. The minimum Gasteiger partial charge on any atom is -0.489 e. The van der Waals surface area contributed by atoms with Gasteiger partial charge in [-0.3, -0.25) is 9.59 Å². The van der Waals surface area contributed by atoms with Crippen LogP contribution >= 0.6 is 34.8 Å². The molecule has 0 spiro atoms. The lowest BCUT2D eigenvalue weighted by Gasteiger charge is -2.25. The zero-order chi connectivity index (χ0) is 27.8. The second-order valence-corrected chi connectivity index (χ2v) is 11.0. The van der Waals surface area contributed by atoms with Crippen LogP contribution in [0.15, 0.2) is 60.2 Å². The predicted octanol–water partition coefficient (Wildman–Crippen LogP) is 6.99. The lowest BCUT2D eigenvalue weighted by atomic mass is 9.78. The molecule has 1 unspecified atom stereocenters. The summed E-state index contributed by atoms with van der Waals surface area (Å²) in [6.45, 7) is -0.0972. The van der Waals surface area contributed by atoms with Crippen molar-refractivity contribution in [3.05, 3.63) is 103 Å². The fourth-order valence-electron chi connectivity index (χ4n) is 4.90. The van der Waals surface area contributed by atoms with E-state index in [-0.39, 0.29) is 35.4 Å². The molecule has 0 heterocycles. The highest BCUT2D eigenvalue weighted by Gasteiger charge is 2.34. The van der Waals surface area contributed by atoms with Crippen LogP contribution in [-0.2, 0) is 11.2 Å². The zero-order valence-electron chi connectivity index (χ0n) is 20.7. The minimum atomic E-state index is -1.03. The van der Waals surface area contributed by atoms with Crippen LogP contribution in [0.4, 0.5) is 0 Å². The summed E-state index contributed by atoms with van der Waals surface area (Å²) in [6, 6.07) is 14.6. The minimum absolute atomic E-state index is 0.0938. The van der Waals surface area contributed by atoms with Crippen molar-refractivity contribution in [3.8, 4) is 5.75 Å². The van der Waals surface area contributed by atoms with E-state index in [9.17, 15) is 19.5 Å². The largest absolute Gasteiger partial charge is 0.489 e. The molecule has 0 aliphatic heterocycles. The van der Waals surface area contributed by atoms with Crippen molar-refractivity contribution < 1.29 is 24.2 Å². The Labute approximate surface area is 240 Å². The fourth-order valence-corrected chi connectivity index (χ4v) is 5.81. The summed E-state index contributed by atoms with van der Waals surface area (Å²) in [5.41, 5.74) is 9.35. The van der Waals surface area contributed by atoms with Crippen LogP contribution in [-0.4, -0.2) is 29.2 Å². The average molecular weight is 585 g/mol. The Morgan fingerprint density at radius 2 is 1.67 bits per heavy atom. The normalized spacial score (nSPS) is 17.3. The molecule has 0 amide bonds. The van der Waals surface area contributed by atoms with Crippen LogP contribution in [0, 0.1) is 5.92 Å². The molecule has 6 nitrogen and oxygen atoms in total. The number of carbonyl (C=O) groups is 3. The van der Waals surface area contributed by atoms with Gasteiger partial charge in [-0.2, -0.15) is 0 Å². The summed E-state index contributed by atoms with van der Waals surface area (Å²) in [4.78, 5) is 37.6. The Bertz CT molecular complexity index is 1520. The van der Waals surface area contributed by atoms with Gasteiger partial charge in [0.05, 0.1) is 26.9 Å². The van der Waals surface area contributed by atoms with Gasteiger partial charge in [0.15, 0.2) is 11.6 Å². The number of Topliss-reactive ketones (excluding diaryl/α,β-unsaturated/α-hetero) is 2. The number of carboxylic acids is 1. The molecule has 39 heavy (non-hydrogen) atoms. The zero-order valence-corrected chi connectivity index (χ0v) is 22.9. The standard InChI is InChI=1S/C30H24Cl3NO5/c31-23-2-1-3-24(32)26(23)27(34)22(28(35)15-4-5-15)14-39-18-8-11-20(25(33)13-18)21-10-6-16-12-17(30(37)38)7-9-19(16)29(21)36/h1-3,7-9,11-13,15,21H,4-6,10,14,34H2,(H,37,38). The highest BCUT2D eigenvalue weighted by atomic mass is 35.5. The van der Waals surface area contributed by atoms with Crippen molar-refractivity contribution in [3.63, 3.8) is 0 Å². The molecule has 0 radical (unpaired) electrons. The van der Waals surface area contributed by atoms with Crippen molar-refractivity contribution in [2.24, 2.45) is 11.7 Å². The highest BCUT2D eigenvalue weighted by molar-refractivity contribution is 6.37. The number of aromatic carboxylic acids is 1. The maximum atomic E-state index is 13.2. The molecule has 1 fully saturated rings. The topological polar surface area (TPSA) is 107 Å². The molecule has 0 aromatic heterocycles. The first kappa shape index (κ1) is 27.3. The van der Waals surface area contributed by atoms with Gasteiger partial charge in [0, 0.05) is 28.0 Å². The number of halogens is 3. The third kappa shape index (κ3) is 5.55. The molecule has 3 aromatic carbocycles. The van der Waals surface area contributed by atoms with E-state index in [1.807, 2.05) is 0 Å². The summed E-state index contributed by atoms with van der Waals surface area (Å²) in [5, 5.41) is 10.3. The van der Waals surface area contributed by atoms with Crippen molar-refractivity contribution in [2.75, 3.05) is 6.61 Å². The Morgan fingerprint density at radius 3 is 2.31 bits per heavy atom. The molecule has 1 saturated carbocycles. The van der Waals surface area contributed by atoms with E-state index in [0.717, 1.165) is 18.4 Å². The van der Waals surface area contributed by atoms with Gasteiger partial charge in [-0.25, -0.2) is 4.79 Å². The number of ketones is 2. The number of rotatable bonds is 8. The van der Waals surface area contributed by atoms with Crippen LogP contribution in [0.5, 0.6) is 5.75 Å². The van der Waals surface area contributed by atoms with Crippen LogP contribution < -0.4 is 10.5 Å². The summed E-state index contributed by atoms with van der Waals surface area (Å²) in [7, 11) is 0. The third-order valence-corrected chi connectivity index (χ3v) is 8.13. The second kappa shape index (κ2) is 11.0. The number of fused-ring (bicyclic) bond motifs is 1. The third-order valence-electron chi connectivity index (χ3n) is 7.17. The van der Waals surface area contributed by atoms with E-state index < -0.39 is 11.9 Å². The molecule has 2 aliphatic carbocycles. The SMILES string of the molecule is NC(=C(COc1ccc(C2CCc3cc(C(=O)O)ccc3C2=O)c(Cl)c1)C(=O)C1CC1)c1c(Cl)cccc1Cl. The van der Waals surface area contributed by atoms with Crippen molar-refractivity contribution in [2.45, 2.75) is 31.6 Å². The molecule has 5 rings (SSSR count). The monoisotopic (exact) mass is 583 g/mol. The van der Waals surface area contributed by atoms with Gasteiger partial charge in [0.1, 0.15) is 12.4 Å². The first-order valence-corrected chi connectivity index (χ1v) is 13.6. The van der Waals surface area contributed by atoms with E-state index in [0.29, 0.717) is 55.9 Å². The quantitative estimate of drug-likeness (QED) is 0.277. The molecule has 0 saturated heterocycles. The maximum Gasteiger partial charge on any atom is 0.335 e. The summed E-state index contributed by atoms with van der Waals surface area (Å²) < 4.78 is 5.96. The van der Waals surface area contributed by atoms with Gasteiger partial charge in [-0.15, -0.1) is 0 Å². The first-order valence-electron chi connectivity index (χ1n) is 12.5. The van der Waals surface area contributed by atoms with Crippen LogP contribution in [0.3, 0.4) is 0 Å². The highest BCUT2D eigenvalue weighted by Crippen LogP contribution is 2.39. The average Bonchev–Trinajstić information content (AvgIpc) is 3.75. The van der Waals surface area contributed by atoms with E-state index in [1.165, 1.54) is 6.07 Å². The molecular formula is C30H24Cl3NO5. The summed E-state index contributed by atoms with van der Waals surface area (Å²) >= 11 is 19.3. The number of carbonyl (C=O) groups excluding carboxylic acids is 2. The number of ether oxygens (including phenoxy) is 1. The number of carboxylic acid groups (broad SMARTS) is 1. The molecule has 0 bridgehead atoms. The number of benzene rings is 3. The second-order valence-electron chi connectivity index (χ2n) is 9.73. The van der Waals surface area contributed by atoms with Crippen LogP contribution in [0.2, 0.25) is 15.1 Å². The fraction of sp³-hybridized carbons (Fsp3) is 0.233. The van der Waals surface area contributed by atoms with Crippen molar-refractivity contribution in [1.29, 1.82) is 0 Å². The Balaban J connectivity index is 1.37. The summed E-state index contributed by atoms with van der Waals surface area (Å²) in [6.07, 6.45) is 2.65. The Morgan fingerprint density at radius 1 is 0.949 bits per heavy atom. The molecule has 1 atom stereocenters. The first-order chi connectivity index (χ1) is 18.7. The van der Waals surface area contributed by atoms with Gasteiger partial charge in [0.25, 0.3) is 0 Å². The van der Waals surface area contributed by atoms with Crippen LogP contribution in [0.1, 0.15) is 62.6 Å². The lowest BCUT2D eigenvalue weighted by Crippen LogP contribution is -2.22. The van der Waals surface area contributed by atoms with E-state index in [1.54, 1.807) is 48.5 Å². The molecule has 3 N–H and O–H groups in total. The Kier molecular flexibility index (Phi) is 7.72. The van der Waals surface area contributed by atoms with E-state index in [2.05, 4.69) is 0 Å². The molecule has 200 valence electrons. The van der Waals surface area contributed by atoms with Gasteiger partial charge in [-0.1, -0.05) is 53.0 Å². The number of nitrogens with two attached hydrogens (primary N) is 1. The molecule has 9 heteroatoms. The van der Waals surface area contributed by atoms with Gasteiger partial charge in [0.2, 0.25) is 0 Å². The van der Waals surface area contributed by atoms with Crippen LogP contribution in [0.25, 0.3) is 5.70 Å². The van der Waals surface area contributed by atoms with Gasteiger partial charge >= 0.3 is 5.97 Å². The van der Waals surface area contributed by atoms with E-state index >= 15 is 0 Å². The Hall–Kier alpha value is -3.32. The molecular weight excluding hydrogens is 561 g/mol. The van der Waals surface area contributed by atoms with Gasteiger partial charge in [-0.05, 0) is 73.2 Å². The molecule has 2 aliphatic rings. The van der Waals surface area contributed by atoms with Gasteiger partial charge < -0.3 is 15.6 Å².